The van der Waals surface area contributed by atoms with Crippen molar-refractivity contribution < 1.29 is 9.90 Å². The average molecular weight is 182 g/mol. The van der Waals surface area contributed by atoms with Gasteiger partial charge in [0, 0.05) is 0 Å². The number of aliphatic carboxylic acids is 1. The number of carboxylic acids is 1. The van der Waals surface area contributed by atoms with Crippen molar-refractivity contribution in [2.45, 2.75) is 33.2 Å². The molecular formula is C7H16ClNO2. The number of halogens is 1. The molecule has 1 unspecified atom stereocenters. The maximum Gasteiger partial charge on any atom is 0.321 e. The summed E-state index contributed by atoms with van der Waals surface area (Å²) in [5.41, 5.74) is 5.11. The van der Waals surface area contributed by atoms with E-state index in [0.717, 1.165) is 6.42 Å². The van der Waals surface area contributed by atoms with E-state index >= 15 is 0 Å². The van der Waals surface area contributed by atoms with Gasteiger partial charge in [0.05, 0.1) is 0 Å². The lowest BCUT2D eigenvalue weighted by Crippen LogP contribution is -2.43. The Bertz CT molecular complexity index is 136. The van der Waals surface area contributed by atoms with Gasteiger partial charge in [-0.25, -0.2) is 0 Å². The third-order valence-electron chi connectivity index (χ3n) is 2.02. The number of carbonyl (C=O) groups is 1. The molecule has 0 aliphatic heterocycles. The first-order chi connectivity index (χ1) is 4.41. The molecule has 0 aliphatic carbocycles. The summed E-state index contributed by atoms with van der Waals surface area (Å²) < 4.78 is 0. The molecule has 0 saturated carbocycles. The van der Waals surface area contributed by atoms with E-state index < -0.39 is 12.0 Å². The zero-order valence-electron chi connectivity index (χ0n) is 7.13. The Morgan fingerprint density at radius 1 is 1.64 bits per heavy atom. The van der Waals surface area contributed by atoms with Gasteiger partial charge >= 0.3 is 5.97 Å². The zero-order valence-corrected chi connectivity index (χ0v) is 7.94. The molecule has 3 nitrogen and oxygen atoms in total. The van der Waals surface area contributed by atoms with Crippen LogP contribution in [-0.4, -0.2) is 17.1 Å². The molecule has 0 aromatic heterocycles. The molecule has 0 saturated heterocycles. The quantitative estimate of drug-likeness (QED) is 0.689. The van der Waals surface area contributed by atoms with Crippen LogP contribution in [0.5, 0.6) is 0 Å². The molecule has 0 amide bonds. The summed E-state index contributed by atoms with van der Waals surface area (Å²) in [6.07, 6.45) is 0.778. The molecule has 0 bridgehead atoms. The predicted molar refractivity (Wildman–Crippen MR) is 46.9 cm³/mol. The number of rotatable bonds is 3. The van der Waals surface area contributed by atoms with Crippen LogP contribution in [0.2, 0.25) is 0 Å². The molecule has 0 aromatic carbocycles. The summed E-state index contributed by atoms with van der Waals surface area (Å²) in [4.78, 5) is 10.4. The van der Waals surface area contributed by atoms with Gasteiger partial charge in [0.1, 0.15) is 6.04 Å². The third kappa shape index (κ3) is 3.58. The Hall–Kier alpha value is -0.280. The Morgan fingerprint density at radius 2 is 2.00 bits per heavy atom. The van der Waals surface area contributed by atoms with Crippen molar-refractivity contribution in [3.8, 4) is 0 Å². The van der Waals surface area contributed by atoms with Crippen LogP contribution >= 0.6 is 12.4 Å². The van der Waals surface area contributed by atoms with E-state index in [2.05, 4.69) is 0 Å². The maximum absolute atomic E-state index is 10.4. The van der Waals surface area contributed by atoms with Crippen molar-refractivity contribution >= 4 is 18.4 Å². The van der Waals surface area contributed by atoms with Crippen LogP contribution < -0.4 is 5.73 Å². The van der Waals surface area contributed by atoms with Crippen molar-refractivity contribution in [3.63, 3.8) is 0 Å². The van der Waals surface area contributed by atoms with Gasteiger partial charge in [0.15, 0.2) is 0 Å². The van der Waals surface area contributed by atoms with Gasteiger partial charge in [0.25, 0.3) is 0 Å². The number of hydrogen-bond acceptors (Lipinski definition) is 2. The summed E-state index contributed by atoms with van der Waals surface area (Å²) in [6.45, 7) is 5.64. The zero-order chi connectivity index (χ0) is 8.36. The summed E-state index contributed by atoms with van der Waals surface area (Å²) >= 11 is 0. The first-order valence-electron chi connectivity index (χ1n) is 3.40. The highest BCUT2D eigenvalue weighted by Crippen LogP contribution is 2.22. The van der Waals surface area contributed by atoms with Crippen molar-refractivity contribution in [3.05, 3.63) is 0 Å². The van der Waals surface area contributed by atoms with Crippen LogP contribution in [0.4, 0.5) is 0 Å². The molecule has 4 heteroatoms. The smallest absolute Gasteiger partial charge is 0.321 e. The minimum Gasteiger partial charge on any atom is -0.480 e. The largest absolute Gasteiger partial charge is 0.480 e. The van der Waals surface area contributed by atoms with E-state index in [1.807, 2.05) is 20.8 Å². The van der Waals surface area contributed by atoms with Crippen molar-refractivity contribution in [2.24, 2.45) is 11.1 Å². The van der Waals surface area contributed by atoms with E-state index in [1.165, 1.54) is 0 Å². The highest BCUT2D eigenvalue weighted by atomic mass is 35.5. The molecule has 0 aromatic rings. The molecule has 0 radical (unpaired) electrons. The molecule has 68 valence electrons. The van der Waals surface area contributed by atoms with Gasteiger partial charge in [-0.05, 0) is 11.8 Å². The predicted octanol–water partition coefficient (Wildman–Crippen LogP) is 1.26. The van der Waals surface area contributed by atoms with E-state index in [0.29, 0.717) is 0 Å². The van der Waals surface area contributed by atoms with Crippen molar-refractivity contribution in [2.75, 3.05) is 0 Å². The SMILES string of the molecule is CCC(C)(C)C(N)C(=O)O.Cl. The maximum atomic E-state index is 10.4. The summed E-state index contributed by atoms with van der Waals surface area (Å²) in [6, 6.07) is -0.752. The van der Waals surface area contributed by atoms with Crippen molar-refractivity contribution in [1.82, 2.24) is 0 Å². The van der Waals surface area contributed by atoms with E-state index in [9.17, 15) is 4.79 Å². The Morgan fingerprint density at radius 3 is 2.09 bits per heavy atom. The molecule has 0 rings (SSSR count). The second kappa shape index (κ2) is 4.57. The number of carboxylic acid groups (broad SMARTS) is 1. The van der Waals surface area contributed by atoms with E-state index in [1.54, 1.807) is 0 Å². The lowest BCUT2D eigenvalue weighted by Gasteiger charge is -2.26. The molecular weight excluding hydrogens is 166 g/mol. The minimum atomic E-state index is -0.924. The first kappa shape index (κ1) is 13.3. The summed E-state index contributed by atoms with van der Waals surface area (Å²) in [5.74, 6) is -0.924. The van der Waals surface area contributed by atoms with Crippen LogP contribution in [0.15, 0.2) is 0 Å². The van der Waals surface area contributed by atoms with Crippen molar-refractivity contribution in [1.29, 1.82) is 0 Å². The van der Waals surface area contributed by atoms with Crippen LogP contribution in [0.1, 0.15) is 27.2 Å². The molecule has 0 fully saturated rings. The molecule has 0 heterocycles. The second-order valence-corrected chi connectivity index (χ2v) is 3.16. The van der Waals surface area contributed by atoms with Gasteiger partial charge in [-0.1, -0.05) is 20.8 Å². The number of nitrogens with two attached hydrogens (primary N) is 1. The Labute approximate surface area is 73.4 Å². The summed E-state index contributed by atoms with van der Waals surface area (Å²) in [5, 5.41) is 8.52. The van der Waals surface area contributed by atoms with Gasteiger partial charge < -0.3 is 10.8 Å². The molecule has 11 heavy (non-hydrogen) atoms. The van der Waals surface area contributed by atoms with E-state index in [4.69, 9.17) is 10.8 Å². The van der Waals surface area contributed by atoms with Crippen LogP contribution in [0.3, 0.4) is 0 Å². The highest BCUT2D eigenvalue weighted by molar-refractivity contribution is 5.85. The topological polar surface area (TPSA) is 63.3 Å². The normalized spacial score (nSPS) is 13.5. The van der Waals surface area contributed by atoms with Gasteiger partial charge in [0.2, 0.25) is 0 Å². The average Bonchev–Trinajstić information content (AvgIpc) is 1.86. The van der Waals surface area contributed by atoms with Crippen LogP contribution in [-0.2, 0) is 4.79 Å². The Kier molecular flexibility index (Phi) is 5.53. The minimum absolute atomic E-state index is 0. The third-order valence-corrected chi connectivity index (χ3v) is 2.02. The monoisotopic (exact) mass is 181 g/mol. The fourth-order valence-corrected chi connectivity index (χ4v) is 0.554. The lowest BCUT2D eigenvalue weighted by molar-refractivity contribution is -0.141. The van der Waals surface area contributed by atoms with Gasteiger partial charge in [-0.3, -0.25) is 4.79 Å². The van der Waals surface area contributed by atoms with Crippen LogP contribution in [0, 0.1) is 5.41 Å². The highest BCUT2D eigenvalue weighted by Gasteiger charge is 2.29. The standard InChI is InChI=1S/C7H15NO2.ClH/c1-4-7(2,3)5(8)6(9)10;/h5H,4,8H2,1-3H3,(H,9,10);1H. The molecule has 1 atom stereocenters. The molecule has 3 N–H and O–H groups in total. The van der Waals surface area contributed by atoms with Crippen LogP contribution in [0.25, 0.3) is 0 Å². The van der Waals surface area contributed by atoms with E-state index in [-0.39, 0.29) is 17.8 Å². The fraction of sp³-hybridized carbons (Fsp3) is 0.857. The fourth-order valence-electron chi connectivity index (χ4n) is 0.554. The second-order valence-electron chi connectivity index (χ2n) is 3.16. The lowest BCUT2D eigenvalue weighted by atomic mass is 9.82. The van der Waals surface area contributed by atoms with Gasteiger partial charge in [-0.2, -0.15) is 0 Å². The first-order valence-corrected chi connectivity index (χ1v) is 3.40. The Balaban J connectivity index is 0. The molecule has 0 spiro atoms. The molecule has 0 aliphatic rings. The number of hydrogen-bond donors (Lipinski definition) is 2. The summed E-state index contributed by atoms with van der Waals surface area (Å²) in [7, 11) is 0. The van der Waals surface area contributed by atoms with Gasteiger partial charge in [-0.15, -0.1) is 12.4 Å².